The monoisotopic (exact) mass is 633 g/mol. The van der Waals surface area contributed by atoms with Crippen molar-refractivity contribution in [1.29, 1.82) is 0 Å². The van der Waals surface area contributed by atoms with Gasteiger partial charge in [0.25, 0.3) is 5.56 Å². The third-order valence-corrected chi connectivity index (χ3v) is 7.37. The van der Waals surface area contributed by atoms with Crippen LogP contribution in [0.15, 0.2) is 87.2 Å². The van der Waals surface area contributed by atoms with Gasteiger partial charge in [-0.05, 0) is 55.5 Å². The largest absolute Gasteiger partial charge is 0.488 e. The molecule has 0 saturated heterocycles. The Kier molecular flexibility index (Phi) is 10.3. The maximum Gasteiger partial charge on any atom is 0.439 e. The van der Waals surface area contributed by atoms with E-state index in [0.717, 1.165) is 40.8 Å². The molecule has 225 valence electrons. The zero-order valence-electron chi connectivity index (χ0n) is 25.6. The predicted molar refractivity (Wildman–Crippen MR) is 169 cm³/mol. The molecule has 0 amide bonds. The molecule has 3 aromatic heterocycles. The van der Waals surface area contributed by atoms with Crippen molar-refractivity contribution < 1.29 is 13.7 Å². The fraction of sp³-hybridized carbons (Fsp3) is 0.242. The van der Waals surface area contributed by atoms with Crippen LogP contribution in [0.4, 0.5) is 4.39 Å². The van der Waals surface area contributed by atoms with Crippen LogP contribution in [0.2, 0.25) is 0 Å². The summed E-state index contributed by atoms with van der Waals surface area (Å²) in [5.41, 5.74) is 4.81. The van der Waals surface area contributed by atoms with Crippen molar-refractivity contribution in [3.63, 3.8) is 0 Å². The van der Waals surface area contributed by atoms with Crippen LogP contribution in [0.3, 0.4) is 0 Å². The van der Waals surface area contributed by atoms with Gasteiger partial charge in [-0.3, -0.25) is 14.3 Å². The normalized spacial score (nSPS) is 11.2. The van der Waals surface area contributed by atoms with Gasteiger partial charge in [-0.15, -0.1) is 0 Å². The van der Waals surface area contributed by atoms with Crippen LogP contribution in [-0.4, -0.2) is 86.8 Å². The van der Waals surface area contributed by atoms with Crippen molar-refractivity contribution in [3.05, 3.63) is 117 Å². The van der Waals surface area contributed by atoms with E-state index in [4.69, 9.17) is 9.26 Å². The maximum absolute atomic E-state index is 15.1. The number of unbranched alkanes of at least 4 members (excludes halogenated alkanes) is 1. The molecule has 0 aliphatic carbocycles. The number of ether oxygens (including phenoxy) is 1. The quantitative estimate of drug-likeness (QED) is 0.202. The molecule has 0 aliphatic heterocycles. The number of aromatic amines is 1. The van der Waals surface area contributed by atoms with Crippen LogP contribution in [0.25, 0.3) is 34.0 Å². The van der Waals surface area contributed by atoms with E-state index >= 15 is 4.39 Å². The van der Waals surface area contributed by atoms with Crippen molar-refractivity contribution in [2.45, 2.75) is 52.6 Å². The number of H-pyrrole nitrogens is 1. The van der Waals surface area contributed by atoms with Crippen molar-refractivity contribution in [2.24, 2.45) is 0 Å². The fourth-order valence-corrected chi connectivity index (χ4v) is 5.34. The minimum absolute atomic E-state index is 0. The number of rotatable bonds is 10. The standard InChI is InChI=1S/C33H31FN6O4.K/c1-4-5-10-28-26(17-21-11-13-22(14-12-21)24-8-6-7-9-25(24)30-37-33(42)44-38-30)31(41)39(32-35-19-36-40(28)32)23-15-16-29(27(34)18-23)43-20(2)3;/h6-9,11-16,18-20H,4-5,10,17H2,1-3H3,(H,37,38,42);. The minimum atomic E-state index is -0.624. The first-order valence-corrected chi connectivity index (χ1v) is 14.5. The van der Waals surface area contributed by atoms with Crippen LogP contribution >= 0.6 is 0 Å². The Morgan fingerprint density at radius 2 is 1.78 bits per heavy atom. The summed E-state index contributed by atoms with van der Waals surface area (Å²) in [6.45, 7) is 5.74. The second-order valence-electron chi connectivity index (χ2n) is 10.8. The van der Waals surface area contributed by atoms with E-state index < -0.39 is 11.6 Å². The number of nitrogens with zero attached hydrogens (tertiary/aromatic N) is 5. The van der Waals surface area contributed by atoms with Crippen LogP contribution in [0, 0.1) is 5.82 Å². The Hall–Kier alpha value is -3.68. The second-order valence-corrected chi connectivity index (χ2v) is 10.8. The molecular weight excluding hydrogens is 602 g/mol. The Morgan fingerprint density at radius 3 is 2.44 bits per heavy atom. The van der Waals surface area contributed by atoms with Gasteiger partial charge < -0.3 is 4.74 Å². The number of benzene rings is 3. The molecule has 3 heterocycles. The molecule has 0 saturated carbocycles. The van der Waals surface area contributed by atoms with Gasteiger partial charge in [0.2, 0.25) is 5.78 Å². The zero-order valence-corrected chi connectivity index (χ0v) is 28.7. The molecule has 45 heavy (non-hydrogen) atoms. The molecule has 1 N–H and O–H groups in total. The summed E-state index contributed by atoms with van der Waals surface area (Å²) in [4.78, 5) is 32.8. The van der Waals surface area contributed by atoms with Gasteiger partial charge in [0.1, 0.15) is 6.33 Å². The molecular formula is C33H31FKN6O4. The van der Waals surface area contributed by atoms with Gasteiger partial charge in [-0.25, -0.2) is 18.3 Å². The summed E-state index contributed by atoms with van der Waals surface area (Å²) in [6.07, 6.45) is 3.98. The molecule has 0 unspecified atom stereocenters. The van der Waals surface area contributed by atoms with Gasteiger partial charge in [-0.1, -0.05) is 67.0 Å². The molecule has 6 aromatic rings. The number of hydrogen-bond donors (Lipinski definition) is 1. The van der Waals surface area contributed by atoms with Crippen LogP contribution in [-0.2, 0) is 12.8 Å². The van der Waals surface area contributed by atoms with Crippen LogP contribution in [0.1, 0.15) is 50.4 Å². The van der Waals surface area contributed by atoms with Gasteiger partial charge in [-0.2, -0.15) is 10.1 Å². The number of halogens is 1. The van der Waals surface area contributed by atoms with Crippen molar-refractivity contribution in [3.8, 4) is 34.0 Å². The third kappa shape index (κ3) is 6.80. The Bertz CT molecular complexity index is 2060. The van der Waals surface area contributed by atoms with Crippen LogP contribution < -0.4 is 16.1 Å². The van der Waals surface area contributed by atoms with Crippen molar-refractivity contribution in [2.75, 3.05) is 0 Å². The van der Waals surface area contributed by atoms with Gasteiger partial charge in [0, 0.05) is 75.0 Å². The molecule has 3 aromatic carbocycles. The molecule has 0 fully saturated rings. The third-order valence-electron chi connectivity index (χ3n) is 7.37. The predicted octanol–water partition coefficient (Wildman–Crippen LogP) is 5.37. The minimum Gasteiger partial charge on any atom is -0.488 e. The van der Waals surface area contributed by atoms with Gasteiger partial charge >= 0.3 is 5.76 Å². The van der Waals surface area contributed by atoms with E-state index in [1.807, 2.05) is 62.4 Å². The molecule has 0 bridgehead atoms. The van der Waals surface area contributed by atoms with E-state index in [1.54, 1.807) is 10.6 Å². The maximum atomic E-state index is 15.1. The summed E-state index contributed by atoms with van der Waals surface area (Å²) in [7, 11) is 0. The fourth-order valence-electron chi connectivity index (χ4n) is 5.34. The Morgan fingerprint density at radius 1 is 1.02 bits per heavy atom. The average Bonchev–Trinajstić information content (AvgIpc) is 3.68. The average molecular weight is 634 g/mol. The van der Waals surface area contributed by atoms with Crippen LogP contribution in [0.5, 0.6) is 5.75 Å². The summed E-state index contributed by atoms with van der Waals surface area (Å²) in [6, 6.07) is 19.9. The molecule has 1 radical (unpaired) electrons. The number of nitrogens with one attached hydrogen (secondary N) is 1. The Labute approximate surface area is 300 Å². The SMILES string of the molecule is CCCCc1c(Cc2ccc(-c3ccccc3-c3noc(=O)[nH]3)cc2)c(=O)n(-c2ccc(OC(C)C)c(F)c2)c2ncnn12.[K]. The van der Waals surface area contributed by atoms with Crippen molar-refractivity contribution >= 4 is 57.2 Å². The second kappa shape index (κ2) is 14.2. The van der Waals surface area contributed by atoms with Gasteiger partial charge in [0.05, 0.1) is 17.5 Å². The molecule has 0 aliphatic rings. The molecule has 6 rings (SSSR count). The van der Waals surface area contributed by atoms with E-state index in [1.165, 1.54) is 23.0 Å². The topological polar surface area (TPSA) is 120 Å². The number of aromatic nitrogens is 6. The number of aryl methyl sites for hydroxylation is 1. The van der Waals surface area contributed by atoms with E-state index in [-0.39, 0.29) is 68.8 Å². The molecule has 0 spiro atoms. The summed E-state index contributed by atoms with van der Waals surface area (Å²) >= 11 is 0. The summed E-state index contributed by atoms with van der Waals surface area (Å²) in [5, 5.41) is 8.30. The smallest absolute Gasteiger partial charge is 0.439 e. The first-order valence-electron chi connectivity index (χ1n) is 14.5. The Balaban J connectivity index is 0.00000400. The van der Waals surface area contributed by atoms with E-state index in [0.29, 0.717) is 35.7 Å². The number of fused-ring (bicyclic) bond motifs is 1. The molecule has 10 nitrogen and oxygen atoms in total. The van der Waals surface area contributed by atoms with Gasteiger partial charge in [0.15, 0.2) is 17.4 Å². The number of hydrogen-bond acceptors (Lipinski definition) is 7. The van der Waals surface area contributed by atoms with Crippen molar-refractivity contribution in [1.82, 2.24) is 29.3 Å². The molecule has 12 heteroatoms. The van der Waals surface area contributed by atoms with E-state index in [9.17, 15) is 9.59 Å². The zero-order chi connectivity index (χ0) is 30.8. The van der Waals surface area contributed by atoms with E-state index in [2.05, 4.69) is 27.1 Å². The summed E-state index contributed by atoms with van der Waals surface area (Å²) in [5.74, 6) is -0.410. The first kappa shape index (κ1) is 32.7. The first-order chi connectivity index (χ1) is 21.3. The summed E-state index contributed by atoms with van der Waals surface area (Å²) < 4.78 is 28.4. The molecule has 0 atom stereocenters.